The van der Waals surface area contributed by atoms with E-state index in [0.29, 0.717) is 11.3 Å². The summed E-state index contributed by atoms with van der Waals surface area (Å²) in [4.78, 5) is 65.3. The number of nitro groups is 1. The number of esters is 2. The Morgan fingerprint density at radius 1 is 0.846 bits per heavy atom. The third-order valence-electron chi connectivity index (χ3n) is 8.38. The summed E-state index contributed by atoms with van der Waals surface area (Å²) in [5.74, 6) is -4.68. The minimum Gasteiger partial charge on any atom is -0.475 e. The predicted molar refractivity (Wildman–Crippen MR) is 194 cm³/mol. The minimum absolute atomic E-state index is 0.111. The molecule has 0 saturated heterocycles. The van der Waals surface area contributed by atoms with Gasteiger partial charge in [-0.05, 0) is 88.6 Å². The largest absolute Gasteiger partial charge is 0.475 e. The van der Waals surface area contributed by atoms with E-state index in [1.165, 1.54) is 18.2 Å². The fourth-order valence-corrected chi connectivity index (χ4v) is 5.98. The summed E-state index contributed by atoms with van der Waals surface area (Å²) in [6, 6.07) is 21.8. The Bertz CT molecular complexity index is 1920. The maximum Gasteiger partial charge on any atom is 0.371 e. The molecule has 1 amide bonds. The van der Waals surface area contributed by atoms with Gasteiger partial charge in [-0.1, -0.05) is 48.5 Å². The molecule has 12 nitrogen and oxygen atoms in total. The number of fused-ring (bicyclic) bond motifs is 1. The van der Waals surface area contributed by atoms with Crippen molar-refractivity contribution in [1.29, 1.82) is 0 Å². The number of carboxylic acids is 1. The van der Waals surface area contributed by atoms with E-state index < -0.39 is 57.8 Å². The molecule has 3 unspecified atom stereocenters. The zero-order chi connectivity index (χ0) is 38.4. The molecule has 52 heavy (non-hydrogen) atoms. The van der Waals surface area contributed by atoms with Gasteiger partial charge in [-0.2, -0.15) is 0 Å². The minimum atomic E-state index is -1.24. The topological polar surface area (TPSA) is 166 Å². The van der Waals surface area contributed by atoms with Gasteiger partial charge in [-0.25, -0.2) is 4.79 Å². The highest BCUT2D eigenvalue weighted by molar-refractivity contribution is 5.87. The van der Waals surface area contributed by atoms with Crippen molar-refractivity contribution < 1.29 is 43.1 Å². The molecule has 1 aromatic heterocycles. The van der Waals surface area contributed by atoms with Gasteiger partial charge in [0, 0.05) is 43.5 Å². The number of carboxylic acid groups (broad SMARTS) is 1. The molecule has 0 aliphatic carbocycles. The van der Waals surface area contributed by atoms with E-state index in [1.807, 2.05) is 49.4 Å². The number of nitro benzene ring substituents is 1. The van der Waals surface area contributed by atoms with Gasteiger partial charge in [0.05, 0.1) is 17.3 Å². The highest BCUT2D eigenvalue weighted by Gasteiger charge is 2.36. The molecular weight excluding hydrogens is 668 g/mol. The number of carbonyl (C=O) groups is 4. The number of furan rings is 1. The number of aromatic carboxylic acids is 1. The van der Waals surface area contributed by atoms with Crippen LogP contribution in [0.3, 0.4) is 0 Å². The van der Waals surface area contributed by atoms with Crippen molar-refractivity contribution in [3.8, 4) is 0 Å². The molecule has 0 saturated carbocycles. The molecule has 3 aromatic carbocycles. The van der Waals surface area contributed by atoms with Crippen LogP contribution >= 0.6 is 0 Å². The molecule has 276 valence electrons. The molecule has 1 N–H and O–H groups in total. The second kappa shape index (κ2) is 16.2. The first-order valence-corrected chi connectivity index (χ1v) is 17.1. The van der Waals surface area contributed by atoms with Gasteiger partial charge in [0.1, 0.15) is 17.0 Å². The number of non-ortho nitro benzene ring substituents is 1. The summed E-state index contributed by atoms with van der Waals surface area (Å²) in [6.45, 7) is 12.2. The van der Waals surface area contributed by atoms with Gasteiger partial charge in [0.2, 0.25) is 11.7 Å². The highest BCUT2D eigenvalue weighted by atomic mass is 16.6. The van der Waals surface area contributed by atoms with E-state index >= 15 is 0 Å². The number of hydrogen-bond donors (Lipinski definition) is 1. The molecule has 3 atom stereocenters. The quantitative estimate of drug-likeness (QED) is 0.0771. The first-order valence-electron chi connectivity index (χ1n) is 17.1. The van der Waals surface area contributed by atoms with Crippen molar-refractivity contribution in [3.05, 3.63) is 112 Å². The SMILES string of the molecule is CC(C(Cc1ccc(C(=O)O)o1)c1ccc([N+](=O)[O-])cc1)N(Cc1ccc2ccccc2c1)C(=O)CC(CC(=O)OC(C)(C)C)C(=O)OC(C)(C)C. The average Bonchev–Trinajstić information content (AvgIpc) is 3.53. The lowest BCUT2D eigenvalue weighted by molar-refractivity contribution is -0.384. The summed E-state index contributed by atoms with van der Waals surface area (Å²) in [5, 5.41) is 22.9. The van der Waals surface area contributed by atoms with Gasteiger partial charge in [0.15, 0.2) is 0 Å². The molecule has 0 aliphatic rings. The highest BCUT2D eigenvalue weighted by Crippen LogP contribution is 2.33. The molecule has 0 spiro atoms. The maximum atomic E-state index is 14.6. The Labute approximate surface area is 302 Å². The van der Waals surface area contributed by atoms with Crippen LogP contribution in [0, 0.1) is 16.0 Å². The monoisotopic (exact) mass is 714 g/mol. The van der Waals surface area contributed by atoms with Crippen molar-refractivity contribution in [2.24, 2.45) is 5.92 Å². The smallest absolute Gasteiger partial charge is 0.371 e. The van der Waals surface area contributed by atoms with Crippen LogP contribution in [0.25, 0.3) is 10.8 Å². The van der Waals surface area contributed by atoms with Crippen molar-refractivity contribution in [1.82, 2.24) is 4.90 Å². The second-order valence-electron chi connectivity index (χ2n) is 14.9. The van der Waals surface area contributed by atoms with E-state index in [2.05, 4.69) is 0 Å². The van der Waals surface area contributed by atoms with Crippen LogP contribution in [0.4, 0.5) is 5.69 Å². The summed E-state index contributed by atoms with van der Waals surface area (Å²) >= 11 is 0. The first-order chi connectivity index (χ1) is 24.3. The predicted octanol–water partition coefficient (Wildman–Crippen LogP) is 7.86. The number of hydrogen-bond acceptors (Lipinski definition) is 9. The number of ether oxygens (including phenoxy) is 2. The third-order valence-corrected chi connectivity index (χ3v) is 8.38. The molecule has 0 aliphatic heterocycles. The molecule has 4 rings (SSSR count). The third kappa shape index (κ3) is 11.0. The molecular formula is C40H46N2O10. The fraction of sp³-hybridized carbons (Fsp3) is 0.400. The molecule has 0 fully saturated rings. The Morgan fingerprint density at radius 2 is 1.48 bits per heavy atom. The zero-order valence-electron chi connectivity index (χ0n) is 30.6. The normalized spacial score (nSPS) is 13.5. The second-order valence-corrected chi connectivity index (χ2v) is 14.9. The Kier molecular flexibility index (Phi) is 12.2. The molecule has 12 heteroatoms. The standard InChI is InChI=1S/C40H46N2O10/c1-25(33(23-32-18-19-34(50-32)37(45)46)28-14-16-31(17-15-28)42(48)49)41(24-26-12-13-27-10-8-9-11-29(27)20-26)35(43)21-30(38(47)52-40(5,6)7)22-36(44)51-39(2,3)4/h8-20,25,30,33H,21-24H2,1-7H3,(H,45,46). The maximum absolute atomic E-state index is 14.6. The van der Waals surface area contributed by atoms with Crippen LogP contribution < -0.4 is 0 Å². The van der Waals surface area contributed by atoms with Gasteiger partial charge in [-0.15, -0.1) is 0 Å². The Hall–Kier alpha value is -5.52. The fourth-order valence-electron chi connectivity index (χ4n) is 5.98. The summed E-state index contributed by atoms with van der Waals surface area (Å²) in [5.41, 5.74) is -0.384. The zero-order valence-corrected chi connectivity index (χ0v) is 30.6. The van der Waals surface area contributed by atoms with Crippen LogP contribution in [-0.2, 0) is 36.8 Å². The van der Waals surface area contributed by atoms with E-state index in [4.69, 9.17) is 13.9 Å². The van der Waals surface area contributed by atoms with Crippen LogP contribution in [0.1, 0.15) is 94.7 Å². The van der Waals surface area contributed by atoms with Crippen LogP contribution in [-0.4, -0.2) is 56.0 Å². The first kappa shape index (κ1) is 39.3. The van der Waals surface area contributed by atoms with Crippen LogP contribution in [0.2, 0.25) is 0 Å². The summed E-state index contributed by atoms with van der Waals surface area (Å²) < 4.78 is 16.8. The lowest BCUT2D eigenvalue weighted by atomic mass is 9.86. The van der Waals surface area contributed by atoms with Gasteiger partial charge in [-0.3, -0.25) is 24.5 Å². The van der Waals surface area contributed by atoms with Crippen molar-refractivity contribution in [2.75, 3.05) is 0 Å². The van der Waals surface area contributed by atoms with Gasteiger partial charge < -0.3 is 23.9 Å². The molecule has 1 heterocycles. The van der Waals surface area contributed by atoms with Crippen molar-refractivity contribution >= 4 is 40.3 Å². The lowest BCUT2D eigenvalue weighted by Gasteiger charge is -2.36. The molecule has 0 radical (unpaired) electrons. The van der Waals surface area contributed by atoms with Gasteiger partial charge in [0.25, 0.3) is 5.69 Å². The van der Waals surface area contributed by atoms with Crippen LogP contribution in [0.5, 0.6) is 0 Å². The number of benzene rings is 3. The Morgan fingerprint density at radius 3 is 2.06 bits per heavy atom. The van der Waals surface area contributed by atoms with E-state index in [1.54, 1.807) is 64.6 Å². The summed E-state index contributed by atoms with van der Waals surface area (Å²) in [7, 11) is 0. The number of rotatable bonds is 14. The van der Waals surface area contributed by atoms with E-state index in [9.17, 15) is 34.4 Å². The van der Waals surface area contributed by atoms with Crippen molar-refractivity contribution in [2.45, 2.75) is 97.4 Å². The molecule has 4 aromatic rings. The summed E-state index contributed by atoms with van der Waals surface area (Å²) in [6.07, 6.45) is -0.615. The van der Waals surface area contributed by atoms with Crippen LogP contribution in [0.15, 0.2) is 83.3 Å². The van der Waals surface area contributed by atoms with E-state index in [-0.39, 0.29) is 37.3 Å². The molecule has 0 bridgehead atoms. The van der Waals surface area contributed by atoms with E-state index in [0.717, 1.165) is 16.3 Å². The average molecular weight is 715 g/mol. The Balaban J connectivity index is 1.78. The number of carbonyl (C=O) groups excluding carboxylic acids is 3. The lowest BCUT2D eigenvalue weighted by Crippen LogP contribution is -2.44. The van der Waals surface area contributed by atoms with Crippen molar-refractivity contribution in [3.63, 3.8) is 0 Å². The van der Waals surface area contributed by atoms with Gasteiger partial charge >= 0.3 is 17.9 Å². The number of nitrogens with zero attached hydrogens (tertiary/aromatic N) is 2. The number of amides is 1.